The van der Waals surface area contributed by atoms with Crippen LogP contribution in [0.1, 0.15) is 11.1 Å². The third-order valence-electron chi connectivity index (χ3n) is 5.41. The molecule has 0 aliphatic heterocycles. The number of fused-ring (bicyclic) bond motifs is 1. The summed E-state index contributed by atoms with van der Waals surface area (Å²) in [5.41, 5.74) is 0.963. The lowest BCUT2D eigenvalue weighted by atomic mass is 10.1. The van der Waals surface area contributed by atoms with Gasteiger partial charge in [-0.1, -0.05) is 35.4 Å². The highest BCUT2D eigenvalue weighted by molar-refractivity contribution is 7.86. The number of azo groups is 2. The van der Waals surface area contributed by atoms with Crippen LogP contribution in [0.15, 0.2) is 90.9 Å². The molecule has 0 radical (unpaired) electrons. The maximum atomic E-state index is 12.1. The first kappa shape index (κ1) is 26.8. The van der Waals surface area contributed by atoms with E-state index >= 15 is 0 Å². The summed E-state index contributed by atoms with van der Waals surface area (Å²) in [6.07, 6.45) is 0. The van der Waals surface area contributed by atoms with Crippen LogP contribution in [-0.4, -0.2) is 36.2 Å². The molecular weight excluding hydrogens is 536 g/mol. The molecule has 12 nitrogen and oxygen atoms in total. The lowest BCUT2D eigenvalue weighted by molar-refractivity contribution is 0.458. The standard InChI is InChI=1S/C24H20N4O8S2/c1-13-3-7-16(8-4-13)25-27-21-18(37(31,32)33)11-15-12-19(38(34,35)36)22(24(30)20(15)23(21)29)28-26-17-9-5-14(2)6-10-17/h3-12,29-30H,1-2H3,(H,31,32,33)(H,34,35,36). The Balaban J connectivity index is 2.01. The largest absolute Gasteiger partial charge is 0.505 e. The number of benzene rings is 4. The molecule has 0 atom stereocenters. The summed E-state index contributed by atoms with van der Waals surface area (Å²) in [7, 11) is -10.1. The van der Waals surface area contributed by atoms with Crippen LogP contribution >= 0.6 is 0 Å². The average Bonchev–Trinajstić information content (AvgIpc) is 2.83. The van der Waals surface area contributed by atoms with Crippen LogP contribution < -0.4 is 0 Å². The smallest absolute Gasteiger partial charge is 0.296 e. The maximum absolute atomic E-state index is 12.1. The molecular formula is C24H20N4O8S2. The van der Waals surface area contributed by atoms with Gasteiger partial charge in [0.25, 0.3) is 20.2 Å². The molecule has 0 saturated heterocycles. The normalized spacial score (nSPS) is 12.6. The quantitative estimate of drug-likeness (QED) is 0.159. The van der Waals surface area contributed by atoms with E-state index in [1.165, 1.54) is 0 Å². The molecule has 0 saturated carbocycles. The Kier molecular flexibility index (Phi) is 6.99. The number of rotatable bonds is 6. The van der Waals surface area contributed by atoms with Gasteiger partial charge in [-0.05, 0) is 55.6 Å². The lowest BCUT2D eigenvalue weighted by Crippen LogP contribution is -2.01. The van der Waals surface area contributed by atoms with Crippen LogP contribution in [0.3, 0.4) is 0 Å². The maximum Gasteiger partial charge on any atom is 0.296 e. The number of hydrogen-bond acceptors (Lipinski definition) is 10. The predicted molar refractivity (Wildman–Crippen MR) is 138 cm³/mol. The van der Waals surface area contributed by atoms with Crippen LogP contribution in [0.25, 0.3) is 10.8 Å². The van der Waals surface area contributed by atoms with Gasteiger partial charge in [0.15, 0.2) is 11.5 Å². The Morgan fingerprint density at radius 1 is 0.579 bits per heavy atom. The fourth-order valence-electron chi connectivity index (χ4n) is 3.49. The van der Waals surface area contributed by atoms with Crippen molar-refractivity contribution in [3.05, 3.63) is 71.8 Å². The summed E-state index contributed by atoms with van der Waals surface area (Å²) in [6, 6.07) is 14.7. The number of nitrogens with zero attached hydrogens (tertiary/aromatic N) is 4. The number of hydrogen-bond donors (Lipinski definition) is 4. The number of aryl methyl sites for hydroxylation is 2. The van der Waals surface area contributed by atoms with Crippen molar-refractivity contribution >= 4 is 53.8 Å². The minimum absolute atomic E-state index is 0.287. The van der Waals surface area contributed by atoms with Gasteiger partial charge in [0, 0.05) is 0 Å². The van der Waals surface area contributed by atoms with Crippen LogP contribution in [0.2, 0.25) is 0 Å². The summed E-state index contributed by atoms with van der Waals surface area (Å²) in [5.74, 6) is -1.89. The molecule has 14 heteroatoms. The highest BCUT2D eigenvalue weighted by Gasteiger charge is 2.28. The van der Waals surface area contributed by atoms with Crippen molar-refractivity contribution in [1.29, 1.82) is 0 Å². The number of phenols is 2. The van der Waals surface area contributed by atoms with Crippen molar-refractivity contribution in [2.45, 2.75) is 23.6 Å². The molecule has 4 rings (SSSR count). The van der Waals surface area contributed by atoms with E-state index in [2.05, 4.69) is 20.5 Å². The van der Waals surface area contributed by atoms with Crippen LogP contribution in [0.5, 0.6) is 11.5 Å². The molecule has 0 heterocycles. The minimum Gasteiger partial charge on any atom is -0.505 e. The van der Waals surface area contributed by atoms with Crippen molar-refractivity contribution in [2.75, 3.05) is 0 Å². The van der Waals surface area contributed by atoms with Crippen molar-refractivity contribution in [1.82, 2.24) is 0 Å². The predicted octanol–water partition coefficient (Wildman–Crippen LogP) is 6.19. The van der Waals surface area contributed by atoms with E-state index < -0.39 is 58.3 Å². The van der Waals surface area contributed by atoms with E-state index in [1.54, 1.807) is 48.5 Å². The zero-order valence-electron chi connectivity index (χ0n) is 19.8. The van der Waals surface area contributed by atoms with Crippen LogP contribution in [0.4, 0.5) is 22.7 Å². The molecule has 196 valence electrons. The Hall–Kier alpha value is -4.24. The highest BCUT2D eigenvalue weighted by Crippen LogP contribution is 2.50. The van der Waals surface area contributed by atoms with E-state index in [-0.39, 0.29) is 16.8 Å². The van der Waals surface area contributed by atoms with Crippen LogP contribution in [-0.2, 0) is 20.2 Å². The number of phenolic OH excluding ortho intramolecular Hbond substituents is 2. The summed E-state index contributed by atoms with van der Waals surface area (Å²) >= 11 is 0. The fourth-order valence-corrected chi connectivity index (χ4v) is 4.80. The third-order valence-corrected chi connectivity index (χ3v) is 7.14. The molecule has 4 aromatic carbocycles. The van der Waals surface area contributed by atoms with Gasteiger partial charge in [0.1, 0.15) is 21.2 Å². The van der Waals surface area contributed by atoms with Crippen molar-refractivity contribution < 1.29 is 36.2 Å². The Morgan fingerprint density at radius 2 is 0.921 bits per heavy atom. The molecule has 0 unspecified atom stereocenters. The van der Waals surface area contributed by atoms with E-state index in [4.69, 9.17) is 0 Å². The average molecular weight is 557 g/mol. The Labute approximate surface area is 217 Å². The minimum atomic E-state index is -5.03. The van der Waals surface area contributed by atoms with Crippen LogP contribution in [0, 0.1) is 13.8 Å². The zero-order valence-corrected chi connectivity index (χ0v) is 21.4. The first-order valence-corrected chi connectivity index (χ1v) is 13.6. The second-order valence-electron chi connectivity index (χ2n) is 8.26. The van der Waals surface area contributed by atoms with Gasteiger partial charge in [-0.2, -0.15) is 27.1 Å². The summed E-state index contributed by atoms with van der Waals surface area (Å²) in [6.45, 7) is 3.67. The van der Waals surface area contributed by atoms with Gasteiger partial charge < -0.3 is 10.2 Å². The summed E-state index contributed by atoms with van der Waals surface area (Å²) < 4.78 is 67.9. The Bertz CT molecular complexity index is 1700. The Morgan fingerprint density at radius 3 is 1.24 bits per heavy atom. The molecule has 0 amide bonds. The van der Waals surface area contributed by atoms with Gasteiger partial charge in [-0.3, -0.25) is 9.11 Å². The lowest BCUT2D eigenvalue weighted by Gasteiger charge is -2.13. The van der Waals surface area contributed by atoms with Gasteiger partial charge in [0.05, 0.1) is 16.8 Å². The van der Waals surface area contributed by atoms with Gasteiger partial charge >= 0.3 is 0 Å². The first-order chi connectivity index (χ1) is 17.8. The molecule has 4 N–H and O–H groups in total. The molecule has 0 spiro atoms. The topological polar surface area (TPSA) is 199 Å². The van der Waals surface area contributed by atoms with E-state index in [0.717, 1.165) is 23.3 Å². The molecule has 0 fully saturated rings. The zero-order chi connectivity index (χ0) is 27.8. The second kappa shape index (κ2) is 9.90. The summed E-state index contributed by atoms with van der Waals surface area (Å²) in [4.78, 5) is -1.85. The van der Waals surface area contributed by atoms with E-state index in [9.17, 15) is 36.2 Å². The number of aromatic hydroxyl groups is 2. The van der Waals surface area contributed by atoms with Crippen molar-refractivity contribution in [3.8, 4) is 11.5 Å². The summed E-state index contributed by atoms with van der Waals surface area (Å²) in [5, 5.41) is 36.4. The van der Waals surface area contributed by atoms with Gasteiger partial charge in [0.2, 0.25) is 0 Å². The highest BCUT2D eigenvalue weighted by atomic mass is 32.2. The second-order valence-corrected chi connectivity index (χ2v) is 11.0. The molecule has 0 aliphatic rings. The molecule has 38 heavy (non-hydrogen) atoms. The molecule has 0 aromatic heterocycles. The molecule has 0 bridgehead atoms. The fraction of sp³-hybridized carbons (Fsp3) is 0.0833. The molecule has 4 aromatic rings. The van der Waals surface area contributed by atoms with Crippen molar-refractivity contribution in [3.63, 3.8) is 0 Å². The van der Waals surface area contributed by atoms with Gasteiger partial charge in [-0.15, -0.1) is 10.2 Å². The van der Waals surface area contributed by atoms with E-state index in [0.29, 0.717) is 0 Å². The first-order valence-electron chi connectivity index (χ1n) is 10.7. The molecule has 0 aliphatic carbocycles. The van der Waals surface area contributed by atoms with Gasteiger partial charge in [-0.25, -0.2) is 0 Å². The van der Waals surface area contributed by atoms with Crippen molar-refractivity contribution in [2.24, 2.45) is 20.5 Å². The third kappa shape index (κ3) is 5.52. The SMILES string of the molecule is Cc1ccc(N=Nc2c(S(=O)(=O)O)cc3cc(S(=O)(=O)O)c(N=Nc4ccc(C)cc4)c(O)c3c2O)cc1. The van der Waals surface area contributed by atoms with E-state index in [1.807, 2.05) is 13.8 Å². The monoisotopic (exact) mass is 556 g/mol.